The molecule has 0 fully saturated rings. The van der Waals surface area contributed by atoms with Gasteiger partial charge >= 0.3 is 0 Å². The molecular formula is C14H12N6O2S. The highest BCUT2D eigenvalue weighted by molar-refractivity contribution is 7.98. The first-order valence-electron chi connectivity index (χ1n) is 6.90. The van der Waals surface area contributed by atoms with Gasteiger partial charge in [-0.1, -0.05) is 29.1 Å². The van der Waals surface area contributed by atoms with E-state index < -0.39 is 0 Å². The number of aryl methyl sites for hydroxylation is 2. The van der Waals surface area contributed by atoms with E-state index in [-0.39, 0.29) is 5.56 Å². The van der Waals surface area contributed by atoms with Gasteiger partial charge in [0.05, 0.1) is 16.7 Å². The average Bonchev–Trinajstić information content (AvgIpc) is 3.17. The van der Waals surface area contributed by atoms with Crippen molar-refractivity contribution in [2.75, 3.05) is 0 Å². The fourth-order valence-corrected chi connectivity index (χ4v) is 3.21. The van der Waals surface area contributed by atoms with Crippen molar-refractivity contribution in [1.29, 1.82) is 0 Å². The Balaban J connectivity index is 1.86. The summed E-state index contributed by atoms with van der Waals surface area (Å²) in [6, 6.07) is 7.41. The second-order valence-electron chi connectivity index (χ2n) is 5.02. The van der Waals surface area contributed by atoms with E-state index in [1.54, 1.807) is 20.0 Å². The van der Waals surface area contributed by atoms with Gasteiger partial charge in [0, 0.05) is 7.05 Å². The molecule has 4 rings (SSSR count). The maximum absolute atomic E-state index is 12.4. The van der Waals surface area contributed by atoms with Crippen molar-refractivity contribution in [3.63, 3.8) is 0 Å². The van der Waals surface area contributed by atoms with Crippen molar-refractivity contribution >= 4 is 28.4 Å². The molecule has 0 spiro atoms. The summed E-state index contributed by atoms with van der Waals surface area (Å²) in [7, 11) is 1.69. The molecule has 3 heterocycles. The minimum atomic E-state index is -0.0930. The topological polar surface area (TPSA) is 91.1 Å². The van der Waals surface area contributed by atoms with Crippen LogP contribution in [0.4, 0.5) is 0 Å². The van der Waals surface area contributed by atoms with Crippen LogP contribution in [0.15, 0.2) is 38.7 Å². The van der Waals surface area contributed by atoms with Crippen LogP contribution in [0.2, 0.25) is 0 Å². The quantitative estimate of drug-likeness (QED) is 0.527. The summed E-state index contributed by atoms with van der Waals surface area (Å²) in [4.78, 5) is 16.5. The van der Waals surface area contributed by atoms with Gasteiger partial charge in [-0.3, -0.25) is 13.8 Å². The van der Waals surface area contributed by atoms with Gasteiger partial charge in [0.15, 0.2) is 11.0 Å². The van der Waals surface area contributed by atoms with Gasteiger partial charge in [-0.05, 0) is 19.1 Å². The molecule has 9 heteroatoms. The van der Waals surface area contributed by atoms with E-state index >= 15 is 0 Å². The van der Waals surface area contributed by atoms with Crippen molar-refractivity contribution in [2.45, 2.75) is 17.8 Å². The first-order chi connectivity index (χ1) is 11.1. The number of rotatable bonds is 3. The Morgan fingerprint density at radius 3 is 2.87 bits per heavy atom. The highest BCUT2D eigenvalue weighted by Crippen LogP contribution is 2.23. The summed E-state index contributed by atoms with van der Waals surface area (Å²) in [5, 5.41) is 13.4. The summed E-state index contributed by atoms with van der Waals surface area (Å²) in [6.45, 7) is 1.77. The number of hydrogen-bond donors (Lipinski definition) is 0. The number of para-hydroxylation sites is 1. The van der Waals surface area contributed by atoms with Crippen molar-refractivity contribution in [1.82, 2.24) is 29.3 Å². The summed E-state index contributed by atoms with van der Waals surface area (Å²) in [5.74, 6) is 2.11. The van der Waals surface area contributed by atoms with Gasteiger partial charge in [0.25, 0.3) is 5.56 Å². The zero-order valence-electron chi connectivity index (χ0n) is 12.4. The Kier molecular flexibility index (Phi) is 3.15. The third-order valence-corrected chi connectivity index (χ3v) is 4.40. The van der Waals surface area contributed by atoms with Crippen LogP contribution in [0.25, 0.3) is 16.7 Å². The second kappa shape index (κ2) is 5.20. The van der Waals surface area contributed by atoms with Gasteiger partial charge in [-0.25, -0.2) is 0 Å². The molecule has 0 amide bonds. The predicted octanol–water partition coefficient (Wildman–Crippen LogP) is 1.56. The second-order valence-corrected chi connectivity index (χ2v) is 5.97. The van der Waals surface area contributed by atoms with E-state index in [1.165, 1.54) is 16.3 Å². The Labute approximate surface area is 134 Å². The lowest BCUT2D eigenvalue weighted by Gasteiger charge is -2.06. The molecule has 4 aromatic rings. The number of fused-ring (bicyclic) bond motifs is 3. The number of thioether (sulfide) groups is 1. The summed E-state index contributed by atoms with van der Waals surface area (Å²) >= 11 is 1.43. The van der Waals surface area contributed by atoms with Gasteiger partial charge < -0.3 is 4.52 Å². The van der Waals surface area contributed by atoms with E-state index in [4.69, 9.17) is 4.52 Å². The van der Waals surface area contributed by atoms with Crippen molar-refractivity contribution < 1.29 is 4.52 Å². The van der Waals surface area contributed by atoms with Crippen LogP contribution in [0.5, 0.6) is 0 Å². The van der Waals surface area contributed by atoms with Crippen LogP contribution >= 0.6 is 11.8 Å². The van der Waals surface area contributed by atoms with Gasteiger partial charge in [0.1, 0.15) is 0 Å². The predicted molar refractivity (Wildman–Crippen MR) is 84.3 cm³/mol. The SMILES string of the molecule is Cc1noc(CSc2nnc3n(C)c(=O)c4ccccc4n23)n1. The molecule has 0 radical (unpaired) electrons. The van der Waals surface area contributed by atoms with Crippen LogP contribution in [-0.2, 0) is 12.8 Å². The third-order valence-electron chi connectivity index (χ3n) is 3.49. The van der Waals surface area contributed by atoms with E-state index in [0.717, 1.165) is 5.52 Å². The standard InChI is InChI=1S/C14H12N6O2S/c1-8-15-11(22-18-8)7-23-14-17-16-13-19(2)12(21)9-5-3-4-6-10(9)20(13)14/h3-6H,7H2,1-2H3. The number of hydrogen-bond acceptors (Lipinski definition) is 7. The number of benzene rings is 1. The zero-order valence-corrected chi connectivity index (χ0v) is 13.2. The molecule has 0 aliphatic rings. The van der Waals surface area contributed by atoms with Crippen LogP contribution < -0.4 is 5.56 Å². The average molecular weight is 328 g/mol. The third kappa shape index (κ3) is 2.20. The maximum atomic E-state index is 12.4. The first kappa shape index (κ1) is 13.9. The Morgan fingerprint density at radius 2 is 2.09 bits per heavy atom. The van der Waals surface area contributed by atoms with E-state index in [2.05, 4.69) is 20.3 Å². The molecule has 0 aliphatic heterocycles. The normalized spacial score (nSPS) is 11.6. The molecule has 0 N–H and O–H groups in total. The van der Waals surface area contributed by atoms with E-state index in [0.29, 0.717) is 33.8 Å². The molecular weight excluding hydrogens is 316 g/mol. The molecule has 3 aromatic heterocycles. The molecule has 0 bridgehead atoms. The van der Waals surface area contributed by atoms with Gasteiger partial charge in [-0.15, -0.1) is 10.2 Å². The molecule has 0 unspecified atom stereocenters. The lowest BCUT2D eigenvalue weighted by molar-refractivity contribution is 0.387. The smallest absolute Gasteiger partial charge is 0.262 e. The Hall–Kier alpha value is -2.68. The molecule has 23 heavy (non-hydrogen) atoms. The lowest BCUT2D eigenvalue weighted by atomic mass is 10.2. The first-order valence-corrected chi connectivity index (χ1v) is 7.88. The minimum Gasteiger partial charge on any atom is -0.338 e. The fourth-order valence-electron chi connectivity index (χ4n) is 2.43. The molecule has 0 saturated carbocycles. The van der Waals surface area contributed by atoms with Crippen LogP contribution in [0.3, 0.4) is 0 Å². The number of aromatic nitrogens is 6. The van der Waals surface area contributed by atoms with Crippen molar-refractivity contribution in [2.24, 2.45) is 7.05 Å². The fraction of sp³-hybridized carbons (Fsp3) is 0.214. The van der Waals surface area contributed by atoms with Gasteiger partial charge in [0.2, 0.25) is 11.7 Å². The molecule has 0 aliphatic carbocycles. The summed E-state index contributed by atoms with van der Waals surface area (Å²) in [6.07, 6.45) is 0. The molecule has 8 nitrogen and oxygen atoms in total. The lowest BCUT2D eigenvalue weighted by Crippen LogP contribution is -2.20. The highest BCUT2D eigenvalue weighted by Gasteiger charge is 2.15. The van der Waals surface area contributed by atoms with Crippen molar-refractivity contribution in [3.8, 4) is 0 Å². The van der Waals surface area contributed by atoms with Crippen LogP contribution in [-0.4, -0.2) is 29.3 Å². The van der Waals surface area contributed by atoms with Crippen molar-refractivity contribution in [3.05, 3.63) is 46.3 Å². The molecule has 116 valence electrons. The monoisotopic (exact) mass is 328 g/mol. The summed E-state index contributed by atoms with van der Waals surface area (Å²) in [5.41, 5.74) is 0.685. The largest absolute Gasteiger partial charge is 0.338 e. The Morgan fingerprint density at radius 1 is 1.26 bits per heavy atom. The molecule has 0 atom stereocenters. The van der Waals surface area contributed by atoms with Crippen LogP contribution in [0, 0.1) is 6.92 Å². The maximum Gasteiger partial charge on any atom is 0.262 e. The molecule has 1 aromatic carbocycles. The molecule has 0 saturated heterocycles. The number of nitrogens with zero attached hydrogens (tertiary/aromatic N) is 6. The zero-order chi connectivity index (χ0) is 16.0. The highest BCUT2D eigenvalue weighted by atomic mass is 32.2. The van der Waals surface area contributed by atoms with Gasteiger partial charge in [-0.2, -0.15) is 4.98 Å². The van der Waals surface area contributed by atoms with E-state index in [1.807, 2.05) is 22.6 Å². The Bertz CT molecular complexity index is 1080. The van der Waals surface area contributed by atoms with E-state index in [9.17, 15) is 4.79 Å². The summed E-state index contributed by atoms with van der Waals surface area (Å²) < 4.78 is 8.47. The van der Waals surface area contributed by atoms with Crippen LogP contribution in [0.1, 0.15) is 11.7 Å². The minimum absolute atomic E-state index is 0.0930.